The Labute approximate surface area is 175 Å². The lowest BCUT2D eigenvalue weighted by molar-refractivity contribution is -0.384. The van der Waals surface area contributed by atoms with E-state index in [1.54, 1.807) is 54.6 Å². The first kappa shape index (κ1) is 22.8. The Morgan fingerprint density at radius 2 is 1.60 bits per heavy atom. The molecule has 7 nitrogen and oxygen atoms in total. The fraction of sp³-hybridized carbons (Fsp3) is 0.304. The van der Waals surface area contributed by atoms with E-state index in [0.29, 0.717) is 5.56 Å². The summed E-state index contributed by atoms with van der Waals surface area (Å²) in [5.74, 6) is -1.26. The zero-order valence-corrected chi connectivity index (χ0v) is 17.4. The SMILES string of the molecule is CC(=O)O[C@H](C(=O)OC(/C=C/c1ccc([N+](=O)[O-])cc1)C(C)(C)C)c1ccccc1. The van der Waals surface area contributed by atoms with E-state index in [9.17, 15) is 19.7 Å². The third-order valence-electron chi connectivity index (χ3n) is 4.26. The number of nitro groups is 1. The van der Waals surface area contributed by atoms with Crippen molar-refractivity contribution < 1.29 is 24.0 Å². The maximum atomic E-state index is 12.9. The van der Waals surface area contributed by atoms with Gasteiger partial charge in [-0.05, 0) is 23.8 Å². The molecule has 1 unspecified atom stereocenters. The second-order valence-electron chi connectivity index (χ2n) is 7.83. The maximum absolute atomic E-state index is 12.9. The molecule has 0 fully saturated rings. The molecule has 0 aliphatic carbocycles. The number of non-ortho nitro benzene ring substituents is 1. The van der Waals surface area contributed by atoms with E-state index in [4.69, 9.17) is 9.47 Å². The van der Waals surface area contributed by atoms with Crippen LogP contribution in [0, 0.1) is 15.5 Å². The Kier molecular flexibility index (Phi) is 7.47. The number of benzene rings is 2. The predicted octanol–water partition coefficient (Wildman–Crippen LogP) is 4.87. The minimum atomic E-state index is -1.17. The number of rotatable bonds is 7. The molecule has 0 bridgehead atoms. The van der Waals surface area contributed by atoms with Crippen LogP contribution in [0.2, 0.25) is 0 Å². The van der Waals surface area contributed by atoms with E-state index in [2.05, 4.69) is 0 Å². The predicted molar refractivity (Wildman–Crippen MR) is 112 cm³/mol. The molecule has 0 heterocycles. The number of carbonyl (C=O) groups excluding carboxylic acids is 2. The summed E-state index contributed by atoms with van der Waals surface area (Å²) >= 11 is 0. The Hall–Kier alpha value is -3.48. The van der Waals surface area contributed by atoms with Gasteiger partial charge in [0.1, 0.15) is 6.10 Å². The molecule has 0 saturated heterocycles. The molecule has 0 spiro atoms. The van der Waals surface area contributed by atoms with Crippen molar-refractivity contribution in [2.45, 2.75) is 39.9 Å². The van der Waals surface area contributed by atoms with Crippen molar-refractivity contribution in [3.8, 4) is 0 Å². The highest BCUT2D eigenvalue weighted by Gasteiger charge is 2.32. The molecule has 0 radical (unpaired) electrons. The molecule has 158 valence electrons. The van der Waals surface area contributed by atoms with Crippen molar-refractivity contribution in [1.82, 2.24) is 0 Å². The molecule has 2 atom stereocenters. The molecule has 0 aromatic heterocycles. The molecule has 7 heteroatoms. The lowest BCUT2D eigenvalue weighted by Gasteiger charge is -2.29. The maximum Gasteiger partial charge on any atom is 0.352 e. The van der Waals surface area contributed by atoms with Crippen molar-refractivity contribution in [2.75, 3.05) is 0 Å². The van der Waals surface area contributed by atoms with Gasteiger partial charge in [-0.2, -0.15) is 0 Å². The molecule has 30 heavy (non-hydrogen) atoms. The van der Waals surface area contributed by atoms with Crippen molar-refractivity contribution in [1.29, 1.82) is 0 Å². The summed E-state index contributed by atoms with van der Waals surface area (Å²) in [5, 5.41) is 10.8. The van der Waals surface area contributed by atoms with Gasteiger partial charge in [-0.25, -0.2) is 4.79 Å². The molecule has 0 saturated carbocycles. The first-order valence-corrected chi connectivity index (χ1v) is 9.43. The van der Waals surface area contributed by atoms with E-state index in [1.165, 1.54) is 19.1 Å². The first-order valence-electron chi connectivity index (χ1n) is 9.43. The van der Waals surface area contributed by atoms with E-state index in [0.717, 1.165) is 5.56 Å². The first-order chi connectivity index (χ1) is 14.1. The summed E-state index contributed by atoms with van der Waals surface area (Å²) in [7, 11) is 0. The van der Waals surface area contributed by atoms with Crippen molar-refractivity contribution in [3.05, 3.63) is 81.9 Å². The topological polar surface area (TPSA) is 95.7 Å². The highest BCUT2D eigenvalue weighted by Crippen LogP contribution is 2.28. The van der Waals surface area contributed by atoms with Crippen LogP contribution in [0.5, 0.6) is 0 Å². The van der Waals surface area contributed by atoms with Crippen LogP contribution in [0.4, 0.5) is 5.69 Å². The number of hydrogen-bond acceptors (Lipinski definition) is 6. The minimum Gasteiger partial charge on any atom is -0.455 e. The molecule has 0 aliphatic heterocycles. The summed E-state index contributed by atoms with van der Waals surface area (Å²) in [5.41, 5.74) is 0.804. The van der Waals surface area contributed by atoms with Gasteiger partial charge in [-0.15, -0.1) is 0 Å². The van der Waals surface area contributed by atoms with Gasteiger partial charge < -0.3 is 9.47 Å². The Morgan fingerprint density at radius 1 is 1.00 bits per heavy atom. The average molecular weight is 411 g/mol. The van der Waals surface area contributed by atoms with Gasteiger partial charge in [0, 0.05) is 30.0 Å². The van der Waals surface area contributed by atoms with Gasteiger partial charge >= 0.3 is 11.9 Å². The van der Waals surface area contributed by atoms with Gasteiger partial charge in [0.2, 0.25) is 6.10 Å². The van der Waals surface area contributed by atoms with Crippen LogP contribution in [-0.2, 0) is 19.1 Å². The molecule has 2 rings (SSSR count). The number of nitro benzene ring substituents is 1. The summed E-state index contributed by atoms with van der Waals surface area (Å²) < 4.78 is 10.9. The Morgan fingerprint density at radius 3 is 2.10 bits per heavy atom. The number of esters is 2. The summed E-state index contributed by atoms with van der Waals surface area (Å²) in [6.45, 7) is 6.97. The summed E-state index contributed by atoms with van der Waals surface area (Å²) in [4.78, 5) is 34.7. The highest BCUT2D eigenvalue weighted by molar-refractivity contribution is 5.80. The molecule has 0 aliphatic rings. The van der Waals surface area contributed by atoms with Crippen LogP contribution in [0.15, 0.2) is 60.7 Å². The molecular weight excluding hydrogens is 386 g/mol. The Balaban J connectivity index is 2.22. The molecule has 0 N–H and O–H groups in total. The van der Waals surface area contributed by atoms with Gasteiger partial charge in [-0.1, -0.05) is 57.2 Å². The largest absolute Gasteiger partial charge is 0.455 e. The lowest BCUT2D eigenvalue weighted by atomic mass is 9.88. The van der Waals surface area contributed by atoms with Crippen molar-refractivity contribution in [2.24, 2.45) is 5.41 Å². The van der Waals surface area contributed by atoms with E-state index >= 15 is 0 Å². The number of ether oxygens (including phenoxy) is 2. The summed E-state index contributed by atoms with van der Waals surface area (Å²) in [6, 6.07) is 14.7. The third kappa shape index (κ3) is 6.55. The molecular formula is C23H25NO6. The minimum absolute atomic E-state index is 0.00182. The van der Waals surface area contributed by atoms with Crippen LogP contribution in [0.25, 0.3) is 6.08 Å². The molecule has 2 aromatic rings. The molecule has 0 amide bonds. The van der Waals surface area contributed by atoms with Crippen molar-refractivity contribution in [3.63, 3.8) is 0 Å². The number of carbonyl (C=O) groups is 2. The van der Waals surface area contributed by atoms with E-state index in [1.807, 2.05) is 20.8 Å². The van der Waals surface area contributed by atoms with Gasteiger partial charge in [-0.3, -0.25) is 14.9 Å². The van der Waals surface area contributed by atoms with Gasteiger partial charge in [0.25, 0.3) is 5.69 Å². The third-order valence-corrected chi connectivity index (χ3v) is 4.26. The molecule has 2 aromatic carbocycles. The fourth-order valence-electron chi connectivity index (χ4n) is 2.64. The van der Waals surface area contributed by atoms with E-state index in [-0.39, 0.29) is 5.69 Å². The monoisotopic (exact) mass is 411 g/mol. The second-order valence-corrected chi connectivity index (χ2v) is 7.83. The smallest absolute Gasteiger partial charge is 0.352 e. The van der Waals surface area contributed by atoms with Crippen molar-refractivity contribution >= 4 is 23.7 Å². The summed E-state index contributed by atoms with van der Waals surface area (Å²) in [6.07, 6.45) is 1.66. The van der Waals surface area contributed by atoms with Gasteiger partial charge in [0.15, 0.2) is 0 Å². The van der Waals surface area contributed by atoms with Crippen LogP contribution in [0.1, 0.15) is 44.9 Å². The normalized spacial score (nSPS) is 13.5. The van der Waals surface area contributed by atoms with Crippen LogP contribution < -0.4 is 0 Å². The van der Waals surface area contributed by atoms with Gasteiger partial charge in [0.05, 0.1) is 4.92 Å². The van der Waals surface area contributed by atoms with Crippen LogP contribution in [0.3, 0.4) is 0 Å². The highest BCUT2D eigenvalue weighted by atomic mass is 16.6. The second kappa shape index (κ2) is 9.82. The average Bonchev–Trinajstić information content (AvgIpc) is 2.69. The lowest BCUT2D eigenvalue weighted by Crippen LogP contribution is -2.33. The fourth-order valence-corrected chi connectivity index (χ4v) is 2.64. The van der Waals surface area contributed by atoms with Crippen LogP contribution in [-0.4, -0.2) is 23.0 Å². The number of hydrogen-bond donors (Lipinski definition) is 0. The number of nitrogens with zero attached hydrogens (tertiary/aromatic N) is 1. The van der Waals surface area contributed by atoms with E-state index < -0.39 is 34.5 Å². The van der Waals surface area contributed by atoms with Crippen LogP contribution >= 0.6 is 0 Å². The Bertz CT molecular complexity index is 913. The zero-order valence-electron chi connectivity index (χ0n) is 17.4. The quantitative estimate of drug-likeness (QED) is 0.366. The zero-order chi connectivity index (χ0) is 22.3. The standard InChI is InChI=1S/C23H25NO6/c1-16(25)29-21(18-8-6-5-7-9-18)22(26)30-20(23(2,3)4)15-12-17-10-13-19(14-11-17)24(27)28/h5-15,20-21H,1-4H3/b15-12+/t20?,21-/m0/s1.